The Balaban J connectivity index is 1.73. The number of carbonyl (C=O) groups is 2. The molecule has 182 valence electrons. The monoisotopic (exact) mass is 489 g/mol. The number of aryl methyl sites for hydroxylation is 3. The van der Waals surface area contributed by atoms with Gasteiger partial charge < -0.3 is 10.0 Å². The van der Waals surface area contributed by atoms with Gasteiger partial charge in [-0.1, -0.05) is 68.8 Å². The summed E-state index contributed by atoms with van der Waals surface area (Å²) in [6.07, 6.45) is -0.347. The van der Waals surface area contributed by atoms with Gasteiger partial charge in [0.15, 0.2) is 11.4 Å². The number of fused-ring (bicyclic) bond motifs is 1. The predicted molar refractivity (Wildman–Crippen MR) is 141 cm³/mol. The number of amides is 1. The Morgan fingerprint density at radius 2 is 1.60 bits per heavy atom. The fraction of sp³-hybridized carbons (Fsp3) is 0.333. The fourth-order valence-electron chi connectivity index (χ4n) is 4.97. The van der Waals surface area contributed by atoms with Gasteiger partial charge in [0.25, 0.3) is 5.91 Å². The molecule has 1 aliphatic rings. The van der Waals surface area contributed by atoms with E-state index in [2.05, 4.69) is 20.8 Å². The number of aliphatic hydroxyl groups is 1. The van der Waals surface area contributed by atoms with Crippen LogP contribution in [-0.2, 0) is 22.4 Å². The van der Waals surface area contributed by atoms with E-state index in [0.717, 1.165) is 27.8 Å². The number of hydrogen-bond donors (Lipinski definition) is 1. The second-order valence-electron chi connectivity index (χ2n) is 10.7. The van der Waals surface area contributed by atoms with Crippen molar-refractivity contribution >= 4 is 29.0 Å². The normalized spacial score (nSPS) is 17.6. The molecule has 0 spiro atoms. The van der Waals surface area contributed by atoms with Crippen LogP contribution in [0.1, 0.15) is 70.9 Å². The summed E-state index contributed by atoms with van der Waals surface area (Å²) in [6, 6.07) is 16.9. The molecule has 0 aromatic heterocycles. The quantitative estimate of drug-likeness (QED) is 0.412. The van der Waals surface area contributed by atoms with Crippen molar-refractivity contribution in [2.24, 2.45) is 0 Å². The van der Waals surface area contributed by atoms with Crippen LogP contribution in [0.4, 0.5) is 5.69 Å². The lowest BCUT2D eigenvalue weighted by Gasteiger charge is -2.25. The van der Waals surface area contributed by atoms with Gasteiger partial charge in [-0.2, -0.15) is 0 Å². The molecule has 4 rings (SSSR count). The fourth-order valence-corrected chi connectivity index (χ4v) is 5.14. The highest BCUT2D eigenvalue weighted by molar-refractivity contribution is 6.31. The van der Waals surface area contributed by atoms with E-state index in [-0.39, 0.29) is 17.6 Å². The molecule has 3 aromatic rings. The van der Waals surface area contributed by atoms with Crippen LogP contribution in [0.2, 0.25) is 5.02 Å². The van der Waals surface area contributed by atoms with Gasteiger partial charge in [0.1, 0.15) is 0 Å². The zero-order chi connectivity index (χ0) is 25.7. The zero-order valence-corrected chi connectivity index (χ0v) is 22.0. The van der Waals surface area contributed by atoms with E-state index < -0.39 is 11.5 Å². The lowest BCUT2D eigenvalue weighted by molar-refractivity contribution is -0.136. The van der Waals surface area contributed by atoms with Crippen molar-refractivity contribution in [2.75, 3.05) is 4.90 Å². The summed E-state index contributed by atoms with van der Waals surface area (Å²) in [6.45, 7) is 12.5. The van der Waals surface area contributed by atoms with Gasteiger partial charge in [-0.3, -0.25) is 9.59 Å². The molecule has 1 atom stereocenters. The molecule has 0 aliphatic carbocycles. The van der Waals surface area contributed by atoms with Crippen molar-refractivity contribution in [3.8, 4) is 0 Å². The average molecular weight is 490 g/mol. The van der Waals surface area contributed by atoms with Crippen LogP contribution in [0.15, 0.2) is 54.6 Å². The molecule has 1 aliphatic heterocycles. The maximum absolute atomic E-state index is 13.7. The number of rotatable bonds is 5. The molecule has 1 amide bonds. The molecule has 0 saturated heterocycles. The Hall–Kier alpha value is -2.95. The van der Waals surface area contributed by atoms with E-state index in [4.69, 9.17) is 11.6 Å². The number of carbonyl (C=O) groups excluding carboxylic acids is 2. The van der Waals surface area contributed by atoms with Crippen LogP contribution in [0, 0.1) is 20.8 Å². The van der Waals surface area contributed by atoms with Crippen molar-refractivity contribution in [3.05, 3.63) is 98.6 Å². The highest BCUT2D eigenvalue weighted by Crippen LogP contribution is 2.45. The van der Waals surface area contributed by atoms with Gasteiger partial charge in [-0.05, 0) is 72.2 Å². The molecule has 0 bridgehead atoms. The minimum atomic E-state index is -1.98. The molecular weight excluding hydrogens is 458 g/mol. The summed E-state index contributed by atoms with van der Waals surface area (Å²) in [5, 5.41) is 12.2. The van der Waals surface area contributed by atoms with Gasteiger partial charge in [0.2, 0.25) is 0 Å². The summed E-state index contributed by atoms with van der Waals surface area (Å²) in [4.78, 5) is 28.9. The van der Waals surface area contributed by atoms with Gasteiger partial charge in [-0.25, -0.2) is 0 Å². The number of halogens is 1. The van der Waals surface area contributed by atoms with Crippen molar-refractivity contribution in [1.29, 1.82) is 0 Å². The van der Waals surface area contributed by atoms with Crippen LogP contribution >= 0.6 is 11.6 Å². The minimum absolute atomic E-state index is 0.0531. The summed E-state index contributed by atoms with van der Waals surface area (Å²) in [7, 11) is 0. The SMILES string of the molecule is Cc1ccccc1CN1C(=O)C(O)(CC(=O)c2c(C)cc(C(C)(C)C)cc2C)c2cc(Cl)ccc21. The standard InChI is InChI=1S/C30H32ClNO3/c1-18-9-7-8-10-21(18)17-32-25-12-11-23(31)15-24(25)30(35,28(32)34)16-26(33)27-19(2)13-22(14-20(27)3)29(4,5)6/h7-15,35H,16-17H2,1-6H3. The van der Waals surface area contributed by atoms with Gasteiger partial charge >= 0.3 is 0 Å². The minimum Gasteiger partial charge on any atom is -0.375 e. The average Bonchev–Trinajstić information content (AvgIpc) is 2.95. The highest BCUT2D eigenvalue weighted by atomic mass is 35.5. The second kappa shape index (κ2) is 8.92. The Kier molecular flexibility index (Phi) is 6.41. The molecule has 5 heteroatoms. The lowest BCUT2D eigenvalue weighted by Crippen LogP contribution is -2.41. The Morgan fingerprint density at radius 1 is 0.971 bits per heavy atom. The predicted octanol–water partition coefficient (Wildman–Crippen LogP) is 6.57. The van der Waals surface area contributed by atoms with E-state index in [0.29, 0.717) is 28.4 Å². The smallest absolute Gasteiger partial charge is 0.264 e. The van der Waals surface area contributed by atoms with E-state index in [1.54, 1.807) is 23.1 Å². The third-order valence-electron chi connectivity index (χ3n) is 6.98. The number of ketones is 1. The molecular formula is C30H32ClNO3. The van der Waals surface area contributed by atoms with Gasteiger partial charge in [0, 0.05) is 16.1 Å². The Labute approximate surface area is 212 Å². The number of Topliss-reactive ketones (excluding diaryl/α,β-unsaturated/α-hetero) is 1. The Morgan fingerprint density at radius 3 is 2.20 bits per heavy atom. The lowest BCUT2D eigenvalue weighted by atomic mass is 9.81. The third-order valence-corrected chi connectivity index (χ3v) is 7.21. The van der Waals surface area contributed by atoms with Crippen LogP contribution < -0.4 is 4.90 Å². The Bertz CT molecular complexity index is 1310. The first kappa shape index (κ1) is 25.2. The van der Waals surface area contributed by atoms with E-state index >= 15 is 0 Å². The zero-order valence-electron chi connectivity index (χ0n) is 21.2. The molecule has 4 nitrogen and oxygen atoms in total. The summed E-state index contributed by atoms with van der Waals surface area (Å²) in [5.74, 6) is -0.770. The largest absolute Gasteiger partial charge is 0.375 e. The molecule has 35 heavy (non-hydrogen) atoms. The maximum atomic E-state index is 13.7. The van der Waals surface area contributed by atoms with Crippen LogP contribution in [0.25, 0.3) is 0 Å². The maximum Gasteiger partial charge on any atom is 0.264 e. The highest BCUT2D eigenvalue weighted by Gasteiger charge is 2.51. The first-order valence-electron chi connectivity index (χ1n) is 11.9. The van der Waals surface area contributed by atoms with Gasteiger partial charge in [0.05, 0.1) is 18.7 Å². The number of benzene rings is 3. The molecule has 1 heterocycles. The molecule has 0 radical (unpaired) electrons. The number of nitrogens with zero attached hydrogens (tertiary/aromatic N) is 1. The van der Waals surface area contributed by atoms with Crippen LogP contribution in [-0.4, -0.2) is 16.8 Å². The molecule has 0 saturated carbocycles. The first-order valence-corrected chi connectivity index (χ1v) is 12.2. The second-order valence-corrected chi connectivity index (χ2v) is 11.1. The third kappa shape index (κ3) is 4.53. The van der Waals surface area contributed by atoms with Gasteiger partial charge in [-0.15, -0.1) is 0 Å². The molecule has 1 unspecified atom stereocenters. The number of hydrogen-bond acceptors (Lipinski definition) is 3. The van der Waals surface area contributed by atoms with Crippen molar-refractivity contribution in [2.45, 2.75) is 65.5 Å². The van der Waals surface area contributed by atoms with E-state index in [9.17, 15) is 14.7 Å². The van der Waals surface area contributed by atoms with E-state index in [1.165, 1.54) is 0 Å². The topological polar surface area (TPSA) is 57.6 Å². The first-order chi connectivity index (χ1) is 16.3. The van der Waals surface area contributed by atoms with Crippen LogP contribution in [0.5, 0.6) is 0 Å². The van der Waals surface area contributed by atoms with Crippen molar-refractivity contribution in [1.82, 2.24) is 0 Å². The number of anilines is 1. The summed E-state index contributed by atoms with van der Waals surface area (Å²) >= 11 is 6.27. The molecule has 1 N–H and O–H groups in total. The molecule has 3 aromatic carbocycles. The molecule has 0 fully saturated rings. The van der Waals surface area contributed by atoms with E-state index in [1.807, 2.05) is 57.2 Å². The summed E-state index contributed by atoms with van der Waals surface area (Å²) < 4.78 is 0. The van der Waals surface area contributed by atoms with Crippen LogP contribution in [0.3, 0.4) is 0 Å². The van der Waals surface area contributed by atoms with Crippen molar-refractivity contribution in [3.63, 3.8) is 0 Å². The van der Waals surface area contributed by atoms with Crippen molar-refractivity contribution < 1.29 is 14.7 Å². The summed E-state index contributed by atoms with van der Waals surface area (Å²) in [5.41, 5.74) is 4.32.